The van der Waals surface area contributed by atoms with Crippen LogP contribution in [0.2, 0.25) is 5.02 Å². The Balaban J connectivity index is 2.17. The SMILES string of the molecule is CCOc1ccc(C(O)=C2C(=O)C(=O)N(CCN(C)C)[C@@H]2c2cccc([N+](=O)[O-])c2)cc1Cl. The second kappa shape index (κ2) is 10.0. The molecule has 1 aliphatic heterocycles. The molecule has 1 aliphatic rings. The number of hydrogen-bond donors (Lipinski definition) is 1. The Morgan fingerprint density at radius 2 is 1.97 bits per heavy atom. The molecule has 33 heavy (non-hydrogen) atoms. The van der Waals surface area contributed by atoms with E-state index >= 15 is 0 Å². The molecular weight excluding hydrogens is 450 g/mol. The molecule has 1 amide bonds. The third-order valence-electron chi connectivity index (χ3n) is 5.23. The van der Waals surface area contributed by atoms with Crippen LogP contribution < -0.4 is 4.74 Å². The van der Waals surface area contributed by atoms with Gasteiger partial charge in [-0.1, -0.05) is 23.7 Å². The van der Waals surface area contributed by atoms with Crippen molar-refractivity contribution in [2.24, 2.45) is 0 Å². The summed E-state index contributed by atoms with van der Waals surface area (Å²) in [4.78, 5) is 39.9. The molecule has 2 aromatic rings. The molecule has 10 heteroatoms. The largest absolute Gasteiger partial charge is 0.507 e. The summed E-state index contributed by atoms with van der Waals surface area (Å²) >= 11 is 6.24. The van der Waals surface area contributed by atoms with Gasteiger partial charge in [0.15, 0.2) is 0 Å². The highest BCUT2D eigenvalue weighted by atomic mass is 35.5. The molecule has 3 rings (SSSR count). The molecule has 0 spiro atoms. The summed E-state index contributed by atoms with van der Waals surface area (Å²) in [5.74, 6) is -1.65. The number of nitro groups is 1. The zero-order valence-electron chi connectivity index (χ0n) is 18.4. The molecule has 0 bridgehead atoms. The molecular formula is C23H24ClN3O6. The summed E-state index contributed by atoms with van der Waals surface area (Å²) in [6, 6.07) is 9.24. The number of Topliss-reactive ketones (excluding diaryl/α,β-unsaturated/α-hetero) is 1. The van der Waals surface area contributed by atoms with Gasteiger partial charge >= 0.3 is 0 Å². The first-order valence-electron chi connectivity index (χ1n) is 10.3. The zero-order chi connectivity index (χ0) is 24.3. The number of nitro benzene ring substituents is 1. The van der Waals surface area contributed by atoms with Crippen molar-refractivity contribution in [1.82, 2.24) is 9.80 Å². The fourth-order valence-electron chi connectivity index (χ4n) is 3.65. The summed E-state index contributed by atoms with van der Waals surface area (Å²) < 4.78 is 5.41. The van der Waals surface area contributed by atoms with E-state index in [-0.39, 0.29) is 28.4 Å². The molecule has 0 radical (unpaired) electrons. The van der Waals surface area contributed by atoms with Crippen LogP contribution in [0, 0.1) is 10.1 Å². The van der Waals surface area contributed by atoms with Crippen LogP contribution in [-0.2, 0) is 9.59 Å². The highest BCUT2D eigenvalue weighted by Crippen LogP contribution is 2.40. The Hall–Kier alpha value is -3.43. The van der Waals surface area contributed by atoms with Crippen molar-refractivity contribution in [2.45, 2.75) is 13.0 Å². The number of aliphatic hydroxyl groups is 1. The third kappa shape index (κ3) is 4.99. The second-order valence-corrected chi connectivity index (χ2v) is 8.13. The quantitative estimate of drug-likeness (QED) is 0.205. The van der Waals surface area contributed by atoms with Gasteiger partial charge in [-0.05, 0) is 44.8 Å². The fraction of sp³-hybridized carbons (Fsp3) is 0.304. The van der Waals surface area contributed by atoms with E-state index in [0.717, 1.165) is 0 Å². The lowest BCUT2D eigenvalue weighted by molar-refractivity contribution is -0.384. The Labute approximate surface area is 196 Å². The van der Waals surface area contributed by atoms with Gasteiger partial charge in [-0.3, -0.25) is 19.7 Å². The number of ketones is 1. The van der Waals surface area contributed by atoms with Crippen molar-refractivity contribution in [3.63, 3.8) is 0 Å². The molecule has 1 atom stereocenters. The van der Waals surface area contributed by atoms with E-state index in [1.165, 1.54) is 35.2 Å². The maximum absolute atomic E-state index is 13.0. The number of amides is 1. The van der Waals surface area contributed by atoms with Gasteiger partial charge in [0.25, 0.3) is 17.4 Å². The number of carbonyl (C=O) groups is 2. The van der Waals surface area contributed by atoms with E-state index in [1.54, 1.807) is 19.1 Å². The summed E-state index contributed by atoms with van der Waals surface area (Å²) in [5.41, 5.74) is 0.236. The van der Waals surface area contributed by atoms with Gasteiger partial charge < -0.3 is 19.6 Å². The lowest BCUT2D eigenvalue weighted by atomic mass is 9.95. The molecule has 9 nitrogen and oxygen atoms in total. The number of likely N-dealkylation sites (tertiary alicyclic amines) is 1. The number of benzene rings is 2. The Morgan fingerprint density at radius 3 is 2.58 bits per heavy atom. The van der Waals surface area contributed by atoms with E-state index in [2.05, 4.69) is 0 Å². The van der Waals surface area contributed by atoms with Crippen LogP contribution in [0.15, 0.2) is 48.0 Å². The third-order valence-corrected chi connectivity index (χ3v) is 5.53. The molecule has 0 aromatic heterocycles. The number of halogens is 1. The van der Waals surface area contributed by atoms with Gasteiger partial charge in [0, 0.05) is 30.8 Å². The maximum atomic E-state index is 13.0. The predicted octanol–water partition coefficient (Wildman–Crippen LogP) is 3.63. The van der Waals surface area contributed by atoms with Gasteiger partial charge in [-0.25, -0.2) is 0 Å². The van der Waals surface area contributed by atoms with Crippen molar-refractivity contribution >= 4 is 34.7 Å². The van der Waals surface area contributed by atoms with E-state index in [0.29, 0.717) is 24.5 Å². The van der Waals surface area contributed by atoms with Crippen molar-refractivity contribution in [3.8, 4) is 5.75 Å². The second-order valence-electron chi connectivity index (χ2n) is 7.73. The van der Waals surface area contributed by atoms with Crippen molar-refractivity contribution in [3.05, 3.63) is 74.3 Å². The molecule has 1 heterocycles. The number of likely N-dealkylation sites (N-methyl/N-ethyl adjacent to an activating group) is 1. The normalized spacial score (nSPS) is 17.6. The monoisotopic (exact) mass is 473 g/mol. The van der Waals surface area contributed by atoms with Crippen LogP contribution in [0.3, 0.4) is 0 Å². The molecule has 0 unspecified atom stereocenters. The molecule has 174 valence electrons. The van der Waals surface area contributed by atoms with Crippen LogP contribution >= 0.6 is 11.6 Å². The van der Waals surface area contributed by atoms with Crippen molar-refractivity contribution < 1.29 is 24.4 Å². The zero-order valence-corrected chi connectivity index (χ0v) is 19.2. The van der Waals surface area contributed by atoms with Crippen LogP contribution in [-0.4, -0.2) is 65.3 Å². The van der Waals surface area contributed by atoms with Crippen LogP contribution in [0.1, 0.15) is 24.1 Å². The van der Waals surface area contributed by atoms with E-state index in [4.69, 9.17) is 16.3 Å². The van der Waals surface area contributed by atoms with Crippen molar-refractivity contribution in [1.29, 1.82) is 0 Å². The minimum Gasteiger partial charge on any atom is -0.507 e. The maximum Gasteiger partial charge on any atom is 0.295 e. The molecule has 0 saturated carbocycles. The van der Waals surface area contributed by atoms with E-state index < -0.39 is 28.4 Å². The highest BCUT2D eigenvalue weighted by Gasteiger charge is 2.46. The van der Waals surface area contributed by atoms with Gasteiger partial charge in [-0.15, -0.1) is 0 Å². The van der Waals surface area contributed by atoms with Gasteiger partial charge in [0.05, 0.1) is 28.2 Å². The number of ether oxygens (including phenoxy) is 1. The summed E-state index contributed by atoms with van der Waals surface area (Å²) in [6.45, 7) is 2.84. The molecule has 1 saturated heterocycles. The van der Waals surface area contributed by atoms with Gasteiger partial charge in [-0.2, -0.15) is 0 Å². The number of rotatable bonds is 8. The van der Waals surface area contributed by atoms with E-state index in [9.17, 15) is 24.8 Å². The van der Waals surface area contributed by atoms with Crippen LogP contribution in [0.5, 0.6) is 5.75 Å². The van der Waals surface area contributed by atoms with Gasteiger partial charge in [0.1, 0.15) is 11.5 Å². The molecule has 1 fully saturated rings. The Morgan fingerprint density at radius 1 is 1.24 bits per heavy atom. The lowest BCUT2D eigenvalue weighted by Gasteiger charge is -2.26. The minimum absolute atomic E-state index is 0.153. The fourth-order valence-corrected chi connectivity index (χ4v) is 3.88. The average molecular weight is 474 g/mol. The smallest absolute Gasteiger partial charge is 0.295 e. The number of nitrogens with zero attached hydrogens (tertiary/aromatic N) is 3. The van der Waals surface area contributed by atoms with E-state index in [1.807, 2.05) is 19.0 Å². The van der Waals surface area contributed by atoms with Crippen LogP contribution in [0.4, 0.5) is 5.69 Å². The summed E-state index contributed by atoms with van der Waals surface area (Å²) in [7, 11) is 3.64. The number of non-ortho nitro benzene ring substituents is 1. The summed E-state index contributed by atoms with van der Waals surface area (Å²) in [6.07, 6.45) is 0. The standard InChI is InChI=1S/C23H24ClN3O6/c1-4-33-18-9-8-15(13-17(18)24)21(28)19-20(14-6-5-7-16(12-14)27(31)32)26(11-10-25(2)3)23(30)22(19)29/h5-9,12-13,20,28H,4,10-11H2,1-3H3/t20-/m1/s1. The topological polar surface area (TPSA) is 113 Å². The Kier molecular flexibility index (Phi) is 7.35. The predicted molar refractivity (Wildman–Crippen MR) is 123 cm³/mol. The lowest BCUT2D eigenvalue weighted by Crippen LogP contribution is -2.35. The summed E-state index contributed by atoms with van der Waals surface area (Å²) in [5, 5.41) is 22.6. The first kappa shape index (κ1) is 24.2. The van der Waals surface area contributed by atoms with Crippen molar-refractivity contribution in [2.75, 3.05) is 33.8 Å². The van der Waals surface area contributed by atoms with Gasteiger partial charge in [0.2, 0.25) is 0 Å². The number of aliphatic hydroxyl groups excluding tert-OH is 1. The first-order valence-corrected chi connectivity index (χ1v) is 10.6. The average Bonchev–Trinajstić information content (AvgIpc) is 3.03. The Bertz CT molecular complexity index is 1130. The molecule has 1 N–H and O–H groups in total. The first-order chi connectivity index (χ1) is 15.6. The number of carbonyl (C=O) groups excluding carboxylic acids is 2. The molecule has 0 aliphatic carbocycles. The van der Waals surface area contributed by atoms with Crippen LogP contribution in [0.25, 0.3) is 5.76 Å². The number of hydrogen-bond acceptors (Lipinski definition) is 7. The minimum atomic E-state index is -0.991. The highest BCUT2D eigenvalue weighted by molar-refractivity contribution is 6.46. The molecule has 2 aromatic carbocycles.